The quantitative estimate of drug-likeness (QED) is 0.707. The van der Waals surface area contributed by atoms with Gasteiger partial charge in [0.05, 0.1) is 10.6 Å². The molecule has 0 aliphatic rings. The maximum absolute atomic E-state index is 12.5. The summed E-state index contributed by atoms with van der Waals surface area (Å²) in [6.07, 6.45) is 0. The third-order valence-corrected chi connectivity index (χ3v) is 8.63. The molecule has 0 saturated carbocycles. The second-order valence-corrected chi connectivity index (χ2v) is 11.5. The molecule has 0 aromatic heterocycles. The lowest BCUT2D eigenvalue weighted by atomic mass is 10.2. The van der Waals surface area contributed by atoms with E-state index in [0.717, 1.165) is 22.7 Å². The summed E-state index contributed by atoms with van der Waals surface area (Å²) in [4.78, 5) is 0.357. The van der Waals surface area contributed by atoms with Gasteiger partial charge in [-0.3, -0.25) is 0 Å². The molecule has 0 spiro atoms. The summed E-state index contributed by atoms with van der Waals surface area (Å²) in [5.74, 6) is -0.000404. The van der Waals surface area contributed by atoms with Crippen LogP contribution in [-0.4, -0.2) is 31.2 Å². The summed E-state index contributed by atoms with van der Waals surface area (Å²) in [6.45, 7) is 3.94. The molecule has 2 rings (SSSR count). The molecule has 0 unspecified atom stereocenters. The summed E-state index contributed by atoms with van der Waals surface area (Å²) in [7, 11) is -2.18. The van der Waals surface area contributed by atoms with Crippen molar-refractivity contribution in [1.29, 1.82) is 0 Å². The summed E-state index contributed by atoms with van der Waals surface area (Å²) in [5, 5.41) is 0. The third kappa shape index (κ3) is 4.77. The molecule has 24 heavy (non-hydrogen) atoms. The predicted octanol–water partition coefficient (Wildman–Crippen LogP) is 3.42. The summed E-state index contributed by atoms with van der Waals surface area (Å²) >= 11 is 0. The predicted molar refractivity (Wildman–Crippen MR) is 97.9 cm³/mol. The van der Waals surface area contributed by atoms with Crippen molar-refractivity contribution < 1.29 is 17.3 Å². The van der Waals surface area contributed by atoms with E-state index >= 15 is 0 Å². The third-order valence-electron chi connectivity index (χ3n) is 4.15. The molecule has 0 fully saturated rings. The molecule has 2 aromatic rings. The molecule has 0 N–H and O–H groups in total. The van der Waals surface area contributed by atoms with Gasteiger partial charge in [-0.05, 0) is 36.7 Å². The minimum atomic E-state index is -3.33. The molecule has 0 aliphatic carbocycles. The van der Waals surface area contributed by atoms with Crippen molar-refractivity contribution in [2.75, 3.05) is 14.2 Å². The first-order chi connectivity index (χ1) is 11.3. The van der Waals surface area contributed by atoms with E-state index in [2.05, 4.69) is 0 Å². The Hall–Kier alpha value is -1.47. The van der Waals surface area contributed by atoms with Crippen LogP contribution < -0.4 is 0 Å². The van der Waals surface area contributed by atoms with Crippen LogP contribution in [0.25, 0.3) is 0 Å². The van der Waals surface area contributed by atoms with Crippen molar-refractivity contribution >= 4 is 18.4 Å². The Bertz CT molecular complexity index is 764. The number of hydrogen-bond acceptors (Lipinski definition) is 4. The van der Waals surface area contributed by atoms with E-state index in [1.54, 1.807) is 26.4 Å². The van der Waals surface area contributed by atoms with Crippen molar-refractivity contribution in [3.8, 4) is 0 Å². The van der Waals surface area contributed by atoms with Crippen LogP contribution in [0.4, 0.5) is 0 Å². The van der Waals surface area contributed by atoms with Crippen molar-refractivity contribution in [1.82, 2.24) is 0 Å². The SMILES string of the molecule is CO[Si](C)(Cc1ccc(CS(=O)(=O)c2ccc(C)cc2)cc1)OC. The van der Waals surface area contributed by atoms with Gasteiger partial charge in [-0.1, -0.05) is 42.0 Å². The Morgan fingerprint density at radius 1 is 0.875 bits per heavy atom. The summed E-state index contributed by atoms with van der Waals surface area (Å²) < 4.78 is 36.0. The fourth-order valence-electron chi connectivity index (χ4n) is 2.40. The van der Waals surface area contributed by atoms with Crippen LogP contribution in [0.5, 0.6) is 0 Å². The minimum Gasteiger partial charge on any atom is -0.398 e. The highest BCUT2D eigenvalue weighted by molar-refractivity contribution is 7.90. The van der Waals surface area contributed by atoms with Crippen molar-refractivity contribution in [3.63, 3.8) is 0 Å². The molecule has 4 nitrogen and oxygen atoms in total. The van der Waals surface area contributed by atoms with Crippen LogP contribution in [0.3, 0.4) is 0 Å². The molecule has 2 aromatic carbocycles. The van der Waals surface area contributed by atoms with Crippen LogP contribution in [-0.2, 0) is 30.5 Å². The zero-order valence-electron chi connectivity index (χ0n) is 14.6. The van der Waals surface area contributed by atoms with E-state index in [1.807, 2.05) is 49.9 Å². The highest BCUT2D eigenvalue weighted by Crippen LogP contribution is 2.19. The molecule has 6 heteroatoms. The van der Waals surface area contributed by atoms with Crippen LogP contribution >= 0.6 is 0 Å². The van der Waals surface area contributed by atoms with Crippen LogP contribution in [0.1, 0.15) is 16.7 Å². The maximum atomic E-state index is 12.5. The Balaban J connectivity index is 2.12. The van der Waals surface area contributed by atoms with Gasteiger partial charge < -0.3 is 8.85 Å². The van der Waals surface area contributed by atoms with Gasteiger partial charge in [-0.2, -0.15) is 0 Å². The van der Waals surface area contributed by atoms with E-state index in [4.69, 9.17) is 8.85 Å². The highest BCUT2D eigenvalue weighted by Gasteiger charge is 2.29. The zero-order valence-corrected chi connectivity index (χ0v) is 16.4. The zero-order chi connectivity index (χ0) is 17.8. The number of hydrogen-bond donors (Lipinski definition) is 0. The van der Waals surface area contributed by atoms with Gasteiger partial charge in [0.25, 0.3) is 0 Å². The van der Waals surface area contributed by atoms with E-state index in [-0.39, 0.29) is 5.75 Å². The first-order valence-corrected chi connectivity index (χ1v) is 11.9. The van der Waals surface area contributed by atoms with E-state index < -0.39 is 18.4 Å². The first-order valence-electron chi connectivity index (χ1n) is 7.75. The largest absolute Gasteiger partial charge is 0.398 e. The van der Waals surface area contributed by atoms with Gasteiger partial charge in [0, 0.05) is 20.3 Å². The number of rotatable bonds is 7. The number of benzene rings is 2. The van der Waals surface area contributed by atoms with E-state index in [1.165, 1.54) is 0 Å². The minimum absolute atomic E-state index is 0.000404. The van der Waals surface area contributed by atoms with Crippen molar-refractivity contribution in [2.45, 2.75) is 30.2 Å². The molecule has 0 amide bonds. The average Bonchev–Trinajstić information content (AvgIpc) is 2.57. The lowest BCUT2D eigenvalue weighted by molar-refractivity contribution is 0.249. The van der Waals surface area contributed by atoms with E-state index in [0.29, 0.717) is 4.90 Å². The van der Waals surface area contributed by atoms with Gasteiger partial charge >= 0.3 is 8.56 Å². The van der Waals surface area contributed by atoms with Gasteiger partial charge in [0.2, 0.25) is 0 Å². The lowest BCUT2D eigenvalue weighted by Gasteiger charge is -2.22. The molecular weight excluding hydrogens is 340 g/mol. The van der Waals surface area contributed by atoms with Gasteiger partial charge in [-0.15, -0.1) is 0 Å². The topological polar surface area (TPSA) is 52.6 Å². The number of sulfone groups is 1. The molecular formula is C18H24O4SSi. The molecule has 130 valence electrons. The highest BCUT2D eigenvalue weighted by atomic mass is 32.2. The van der Waals surface area contributed by atoms with Crippen molar-refractivity contribution in [2.24, 2.45) is 0 Å². The molecule has 0 saturated heterocycles. The smallest absolute Gasteiger partial charge is 0.338 e. The monoisotopic (exact) mass is 364 g/mol. The molecule has 0 aliphatic heterocycles. The lowest BCUT2D eigenvalue weighted by Crippen LogP contribution is -2.39. The summed E-state index contributed by atoms with van der Waals surface area (Å²) in [5.41, 5.74) is 2.91. The second-order valence-electron chi connectivity index (χ2n) is 6.11. The molecule has 0 bridgehead atoms. The Morgan fingerprint density at radius 2 is 1.38 bits per heavy atom. The number of aryl methyl sites for hydroxylation is 1. The molecule has 0 radical (unpaired) electrons. The molecule has 0 heterocycles. The average molecular weight is 365 g/mol. The standard InChI is InChI=1S/C18H24O4SSi/c1-15-5-11-18(12-6-15)23(19,20)13-16-7-9-17(10-8-16)14-24(4,21-2)22-3/h5-12H,13-14H2,1-4H3. The van der Waals surface area contributed by atoms with E-state index in [9.17, 15) is 8.42 Å². The normalized spacial score (nSPS) is 12.3. The van der Waals surface area contributed by atoms with Crippen molar-refractivity contribution in [3.05, 3.63) is 65.2 Å². The van der Waals surface area contributed by atoms with Gasteiger partial charge in [-0.25, -0.2) is 8.42 Å². The van der Waals surface area contributed by atoms with Gasteiger partial charge in [0.1, 0.15) is 0 Å². The first kappa shape index (κ1) is 18.9. The Morgan fingerprint density at radius 3 is 1.88 bits per heavy atom. The van der Waals surface area contributed by atoms with Gasteiger partial charge in [0.15, 0.2) is 9.84 Å². The second kappa shape index (κ2) is 7.61. The fraction of sp³-hybridized carbons (Fsp3) is 0.333. The maximum Gasteiger partial charge on any atom is 0.338 e. The molecule has 0 atom stereocenters. The van der Waals surface area contributed by atoms with Crippen LogP contribution in [0.2, 0.25) is 6.55 Å². The Labute approximate surface area is 145 Å². The van der Waals surface area contributed by atoms with Crippen LogP contribution in [0.15, 0.2) is 53.4 Å². The summed E-state index contributed by atoms with van der Waals surface area (Å²) in [6, 6.07) is 15.3. The van der Waals surface area contributed by atoms with Crippen LogP contribution in [0, 0.1) is 6.92 Å². The fourth-order valence-corrected chi connectivity index (χ4v) is 5.18. The Kier molecular flexibility index (Phi) is 5.98.